The Bertz CT molecular complexity index is 1960. The molecule has 0 aliphatic carbocycles. The lowest BCUT2D eigenvalue weighted by Gasteiger charge is -2.21. The minimum Gasteiger partial charge on any atom is -0.470 e. The first-order valence-corrected chi connectivity index (χ1v) is 14.3. The minimum absolute atomic E-state index is 0.0944. The minimum atomic E-state index is -0.497. The van der Waals surface area contributed by atoms with E-state index in [1.165, 1.54) is 18.4 Å². The van der Waals surface area contributed by atoms with E-state index in [0.29, 0.717) is 62.4 Å². The standard InChI is InChI=1S/C30H27N9O3S/c1-4-42-30-37-23(16-43-30)21-15-32-28(31)38-25(21)35-17(2)26-36-22-12-8-11-20(18-13-33-29(41-3)34-14-18)24(22)27(40)39(26)19-9-6-5-7-10-19/h5-17H,4H2,1-3H3,(H3,31,32,35,38)/t17-/m1/s1. The molecule has 0 spiro atoms. The first kappa shape index (κ1) is 27.7. The number of nitrogens with two attached hydrogens (primary N) is 1. The Balaban J connectivity index is 1.49. The quantitative estimate of drug-likeness (QED) is 0.235. The van der Waals surface area contributed by atoms with Gasteiger partial charge in [-0.25, -0.2) is 24.9 Å². The number of methoxy groups -OCH3 is 1. The average Bonchev–Trinajstić information content (AvgIpc) is 3.49. The van der Waals surface area contributed by atoms with Crippen molar-refractivity contribution in [3.63, 3.8) is 0 Å². The number of benzene rings is 2. The zero-order valence-electron chi connectivity index (χ0n) is 23.6. The van der Waals surface area contributed by atoms with Crippen molar-refractivity contribution in [2.24, 2.45) is 0 Å². The molecule has 0 radical (unpaired) electrons. The molecule has 4 aromatic heterocycles. The lowest BCUT2D eigenvalue weighted by molar-refractivity contribution is 0.338. The normalized spacial score (nSPS) is 11.8. The molecule has 0 fully saturated rings. The van der Waals surface area contributed by atoms with Crippen molar-refractivity contribution in [2.45, 2.75) is 19.9 Å². The molecule has 0 unspecified atom stereocenters. The molecule has 6 aromatic rings. The maximum atomic E-state index is 14.4. The van der Waals surface area contributed by atoms with Crippen LogP contribution < -0.4 is 26.1 Å². The highest BCUT2D eigenvalue weighted by Gasteiger charge is 2.22. The third-order valence-electron chi connectivity index (χ3n) is 6.63. The van der Waals surface area contributed by atoms with Crippen LogP contribution in [0.15, 0.2) is 77.3 Å². The van der Waals surface area contributed by atoms with Crippen molar-refractivity contribution in [1.82, 2.24) is 34.5 Å². The molecule has 216 valence electrons. The van der Waals surface area contributed by atoms with Gasteiger partial charge in [0, 0.05) is 29.5 Å². The van der Waals surface area contributed by atoms with Crippen LogP contribution in [0, 0.1) is 0 Å². The van der Waals surface area contributed by atoms with E-state index in [0.717, 1.165) is 0 Å². The van der Waals surface area contributed by atoms with Gasteiger partial charge in [0.25, 0.3) is 10.8 Å². The summed E-state index contributed by atoms with van der Waals surface area (Å²) >= 11 is 1.38. The van der Waals surface area contributed by atoms with Gasteiger partial charge in [0.05, 0.1) is 47.6 Å². The average molecular weight is 594 g/mol. The summed E-state index contributed by atoms with van der Waals surface area (Å²) in [5.41, 5.74) is 9.54. The van der Waals surface area contributed by atoms with Gasteiger partial charge in [-0.1, -0.05) is 41.7 Å². The van der Waals surface area contributed by atoms with Crippen LogP contribution >= 0.6 is 11.3 Å². The number of aromatic nitrogens is 7. The fourth-order valence-electron chi connectivity index (χ4n) is 4.70. The highest BCUT2D eigenvalue weighted by Crippen LogP contribution is 2.33. The molecular weight excluding hydrogens is 566 g/mol. The van der Waals surface area contributed by atoms with Gasteiger partial charge in [-0.3, -0.25) is 9.36 Å². The zero-order chi connectivity index (χ0) is 29.9. The van der Waals surface area contributed by atoms with Crippen molar-refractivity contribution < 1.29 is 9.47 Å². The predicted molar refractivity (Wildman–Crippen MR) is 166 cm³/mol. The van der Waals surface area contributed by atoms with Crippen molar-refractivity contribution in [2.75, 3.05) is 24.8 Å². The Morgan fingerprint density at radius 2 is 1.77 bits per heavy atom. The summed E-state index contributed by atoms with van der Waals surface area (Å²) < 4.78 is 12.3. The Labute approximate surface area is 250 Å². The third-order valence-corrected chi connectivity index (χ3v) is 7.39. The molecule has 0 bridgehead atoms. The first-order valence-electron chi connectivity index (χ1n) is 13.4. The lowest BCUT2D eigenvalue weighted by Crippen LogP contribution is -2.28. The Kier molecular flexibility index (Phi) is 7.62. The Hall–Kier alpha value is -5.43. The van der Waals surface area contributed by atoms with E-state index in [1.807, 2.05) is 67.8 Å². The van der Waals surface area contributed by atoms with Crippen molar-refractivity contribution in [1.29, 1.82) is 0 Å². The van der Waals surface area contributed by atoms with Crippen LogP contribution in [-0.4, -0.2) is 48.2 Å². The second-order valence-electron chi connectivity index (χ2n) is 9.39. The number of nitrogen functional groups attached to an aromatic ring is 1. The molecule has 13 heteroatoms. The second-order valence-corrected chi connectivity index (χ2v) is 10.2. The number of para-hydroxylation sites is 1. The van der Waals surface area contributed by atoms with Crippen LogP contribution in [-0.2, 0) is 0 Å². The van der Waals surface area contributed by atoms with Gasteiger partial charge in [0.1, 0.15) is 11.6 Å². The molecular formula is C30H27N9O3S. The molecule has 3 N–H and O–H groups in total. The molecule has 0 saturated carbocycles. The number of anilines is 2. The highest BCUT2D eigenvalue weighted by atomic mass is 32.1. The SMILES string of the molecule is CCOc1nc(-c2cnc(N)nc2N[C@H](C)c2nc3cccc(-c4cnc(OC)nc4)c3c(=O)n2-c2ccccc2)cs1. The molecule has 4 heterocycles. The van der Waals surface area contributed by atoms with Gasteiger partial charge < -0.3 is 20.5 Å². The number of hydrogen-bond donors (Lipinski definition) is 2. The summed E-state index contributed by atoms with van der Waals surface area (Å²) in [7, 11) is 1.50. The van der Waals surface area contributed by atoms with Crippen LogP contribution in [0.25, 0.3) is 39.0 Å². The summed E-state index contributed by atoms with van der Waals surface area (Å²) in [5.74, 6) is 1.02. The van der Waals surface area contributed by atoms with E-state index < -0.39 is 6.04 Å². The van der Waals surface area contributed by atoms with Crippen molar-refractivity contribution in [3.8, 4) is 39.3 Å². The van der Waals surface area contributed by atoms with E-state index in [1.54, 1.807) is 23.2 Å². The van der Waals surface area contributed by atoms with E-state index >= 15 is 0 Å². The molecule has 12 nitrogen and oxygen atoms in total. The van der Waals surface area contributed by atoms with E-state index in [4.69, 9.17) is 20.2 Å². The van der Waals surface area contributed by atoms with Gasteiger partial charge in [0.15, 0.2) is 0 Å². The van der Waals surface area contributed by atoms with Gasteiger partial charge in [-0.2, -0.15) is 4.98 Å². The maximum Gasteiger partial charge on any atom is 0.316 e. The molecule has 6 rings (SSSR count). The fraction of sp³-hybridized carbons (Fsp3) is 0.167. The molecule has 0 saturated heterocycles. The maximum absolute atomic E-state index is 14.4. The van der Waals surface area contributed by atoms with Gasteiger partial charge in [-0.05, 0) is 37.6 Å². The predicted octanol–water partition coefficient (Wildman–Crippen LogP) is 4.92. The Morgan fingerprint density at radius 1 is 0.977 bits per heavy atom. The molecule has 0 aliphatic heterocycles. The van der Waals surface area contributed by atoms with Gasteiger partial charge in [-0.15, -0.1) is 0 Å². The van der Waals surface area contributed by atoms with Crippen LogP contribution in [0.5, 0.6) is 11.2 Å². The summed E-state index contributed by atoms with van der Waals surface area (Å²) in [6.07, 6.45) is 4.87. The van der Waals surface area contributed by atoms with Crippen LogP contribution in [0.1, 0.15) is 25.7 Å². The summed E-state index contributed by atoms with van der Waals surface area (Å²) in [5, 5.41) is 6.26. The zero-order valence-corrected chi connectivity index (χ0v) is 24.4. The number of nitrogens with one attached hydrogen (secondary N) is 1. The second kappa shape index (κ2) is 11.8. The number of thiazole rings is 1. The summed E-state index contributed by atoms with van der Waals surface area (Å²) in [6.45, 7) is 4.31. The van der Waals surface area contributed by atoms with E-state index in [-0.39, 0.29) is 17.5 Å². The summed E-state index contributed by atoms with van der Waals surface area (Å²) in [6, 6.07) is 14.6. The van der Waals surface area contributed by atoms with Gasteiger partial charge >= 0.3 is 6.01 Å². The summed E-state index contributed by atoms with van der Waals surface area (Å²) in [4.78, 5) is 41.1. The largest absolute Gasteiger partial charge is 0.470 e. The van der Waals surface area contributed by atoms with Gasteiger partial charge in [0.2, 0.25) is 5.95 Å². The number of nitrogens with zero attached hydrogens (tertiary/aromatic N) is 7. The number of rotatable bonds is 9. The van der Waals surface area contributed by atoms with E-state index in [2.05, 4.69) is 30.2 Å². The highest BCUT2D eigenvalue weighted by molar-refractivity contribution is 7.11. The fourth-order valence-corrected chi connectivity index (χ4v) is 5.43. The lowest BCUT2D eigenvalue weighted by atomic mass is 10.0. The third kappa shape index (κ3) is 5.45. The number of ether oxygens (including phenoxy) is 2. The van der Waals surface area contributed by atoms with Crippen molar-refractivity contribution in [3.05, 3.63) is 88.7 Å². The molecule has 2 aromatic carbocycles. The molecule has 43 heavy (non-hydrogen) atoms. The monoisotopic (exact) mass is 593 g/mol. The molecule has 1 atom stereocenters. The first-order chi connectivity index (χ1) is 21.0. The van der Waals surface area contributed by atoms with Crippen molar-refractivity contribution >= 4 is 34.0 Å². The van der Waals surface area contributed by atoms with E-state index in [9.17, 15) is 4.79 Å². The number of hydrogen-bond acceptors (Lipinski definition) is 12. The van der Waals surface area contributed by atoms with Crippen LogP contribution in [0.4, 0.5) is 11.8 Å². The topological polar surface area (TPSA) is 156 Å². The smallest absolute Gasteiger partial charge is 0.316 e. The molecule has 0 amide bonds. The number of fused-ring (bicyclic) bond motifs is 1. The Morgan fingerprint density at radius 3 is 2.51 bits per heavy atom. The van der Waals surface area contributed by atoms with Crippen LogP contribution in [0.3, 0.4) is 0 Å². The van der Waals surface area contributed by atoms with Crippen LogP contribution in [0.2, 0.25) is 0 Å². The molecule has 0 aliphatic rings.